The highest BCUT2D eigenvalue weighted by molar-refractivity contribution is 7.92. The van der Waals surface area contributed by atoms with Crippen LogP contribution in [-0.4, -0.2) is 51.9 Å². The first-order chi connectivity index (χ1) is 17.2. The number of hydrogen-bond acceptors (Lipinski definition) is 5. The van der Waals surface area contributed by atoms with Crippen LogP contribution in [0.25, 0.3) is 0 Å². The summed E-state index contributed by atoms with van der Waals surface area (Å²) in [6.45, 7) is 1.11. The molecule has 0 saturated carbocycles. The van der Waals surface area contributed by atoms with Crippen molar-refractivity contribution in [1.82, 2.24) is 10.2 Å². The van der Waals surface area contributed by atoms with E-state index >= 15 is 0 Å². The summed E-state index contributed by atoms with van der Waals surface area (Å²) in [6, 6.07) is 20.3. The van der Waals surface area contributed by atoms with Gasteiger partial charge in [0.2, 0.25) is 11.8 Å². The van der Waals surface area contributed by atoms with Gasteiger partial charge in [0, 0.05) is 24.7 Å². The molecule has 3 rings (SSSR count). The third-order valence-electron chi connectivity index (χ3n) is 5.61. The summed E-state index contributed by atoms with van der Waals surface area (Å²) < 4.78 is 33.6. The zero-order valence-corrected chi connectivity index (χ0v) is 21.8. The number of ether oxygens (including phenoxy) is 1. The van der Waals surface area contributed by atoms with Gasteiger partial charge >= 0.3 is 0 Å². The van der Waals surface area contributed by atoms with Crippen LogP contribution in [0.3, 0.4) is 0 Å². The molecule has 0 radical (unpaired) electrons. The summed E-state index contributed by atoms with van der Waals surface area (Å²) in [6.07, 6.45) is 0. The van der Waals surface area contributed by atoms with E-state index in [-0.39, 0.29) is 23.0 Å². The quantitative estimate of drug-likeness (QED) is 0.432. The normalized spacial score (nSPS) is 11.9. The van der Waals surface area contributed by atoms with Crippen LogP contribution in [0.1, 0.15) is 12.5 Å². The Labute approximate surface area is 216 Å². The number of benzene rings is 3. The number of nitrogens with zero attached hydrogens (tertiary/aromatic N) is 2. The second-order valence-electron chi connectivity index (χ2n) is 7.97. The number of methoxy groups -OCH3 is 1. The Hall–Kier alpha value is -3.56. The number of nitrogens with one attached hydrogen (secondary N) is 1. The molecule has 0 aromatic heterocycles. The molecule has 0 aliphatic carbocycles. The van der Waals surface area contributed by atoms with Gasteiger partial charge in [0.05, 0.1) is 17.7 Å². The smallest absolute Gasteiger partial charge is 0.264 e. The number of amides is 2. The van der Waals surface area contributed by atoms with Crippen molar-refractivity contribution in [1.29, 1.82) is 0 Å². The van der Waals surface area contributed by atoms with Gasteiger partial charge in [-0.15, -0.1) is 0 Å². The zero-order chi connectivity index (χ0) is 26.3. The van der Waals surface area contributed by atoms with Gasteiger partial charge in [0.15, 0.2) is 0 Å². The van der Waals surface area contributed by atoms with Crippen molar-refractivity contribution in [2.24, 2.45) is 0 Å². The summed E-state index contributed by atoms with van der Waals surface area (Å²) in [5.74, 6) is -0.514. The number of carbonyl (C=O) groups excluding carboxylic acids is 2. The van der Waals surface area contributed by atoms with Gasteiger partial charge in [-0.2, -0.15) is 0 Å². The molecule has 0 heterocycles. The highest BCUT2D eigenvalue weighted by atomic mass is 35.5. The lowest BCUT2D eigenvalue weighted by Gasteiger charge is -2.31. The molecular formula is C26H28ClN3O5S. The van der Waals surface area contributed by atoms with E-state index in [9.17, 15) is 18.0 Å². The number of halogens is 1. The number of likely N-dealkylation sites (N-methyl/N-ethyl adjacent to an activating group) is 1. The topological polar surface area (TPSA) is 96.0 Å². The van der Waals surface area contributed by atoms with Crippen LogP contribution in [0.2, 0.25) is 5.02 Å². The van der Waals surface area contributed by atoms with Gasteiger partial charge in [-0.05, 0) is 48.9 Å². The Bertz CT molecular complexity index is 1320. The molecule has 3 aromatic carbocycles. The van der Waals surface area contributed by atoms with Crippen LogP contribution >= 0.6 is 11.6 Å². The fourth-order valence-electron chi connectivity index (χ4n) is 3.64. The minimum atomic E-state index is -4.13. The fraction of sp³-hybridized carbons (Fsp3) is 0.231. The van der Waals surface area contributed by atoms with Crippen LogP contribution in [-0.2, 0) is 26.2 Å². The monoisotopic (exact) mass is 529 g/mol. The van der Waals surface area contributed by atoms with Crippen molar-refractivity contribution >= 4 is 39.1 Å². The molecule has 2 amide bonds. The van der Waals surface area contributed by atoms with Gasteiger partial charge in [-0.25, -0.2) is 8.42 Å². The second kappa shape index (κ2) is 11.9. The molecule has 36 heavy (non-hydrogen) atoms. The number of hydrogen-bond donors (Lipinski definition) is 1. The largest absolute Gasteiger partial charge is 0.497 e. The van der Waals surface area contributed by atoms with Crippen molar-refractivity contribution < 1.29 is 22.7 Å². The Morgan fingerprint density at radius 1 is 1.00 bits per heavy atom. The third-order valence-corrected chi connectivity index (χ3v) is 7.63. The van der Waals surface area contributed by atoms with E-state index in [0.29, 0.717) is 16.3 Å². The van der Waals surface area contributed by atoms with E-state index in [1.165, 1.54) is 37.3 Å². The van der Waals surface area contributed by atoms with Crippen molar-refractivity contribution in [3.63, 3.8) is 0 Å². The molecule has 10 heteroatoms. The second-order valence-corrected chi connectivity index (χ2v) is 10.3. The first-order valence-electron chi connectivity index (χ1n) is 11.1. The molecule has 0 fully saturated rings. The first kappa shape index (κ1) is 27.0. The van der Waals surface area contributed by atoms with Crippen molar-refractivity contribution in [2.75, 3.05) is 25.0 Å². The SMILES string of the molecule is CNC(=O)[C@@H](C)N(Cc1cccc(Cl)c1)C(=O)CN(c1cccc(OC)c1)S(=O)(=O)c1ccccc1. The average Bonchev–Trinajstić information content (AvgIpc) is 2.89. The lowest BCUT2D eigenvalue weighted by Crippen LogP contribution is -2.50. The maximum atomic E-state index is 13.7. The Morgan fingerprint density at radius 3 is 2.33 bits per heavy atom. The standard InChI is InChI=1S/C26H28ClN3O5S/c1-19(26(32)28-2)29(17-20-9-7-10-21(27)15-20)25(31)18-30(22-11-8-12-23(16-22)35-3)36(33,34)24-13-5-4-6-14-24/h4-16,19H,17-18H2,1-3H3,(H,28,32)/t19-/m1/s1. The maximum Gasteiger partial charge on any atom is 0.264 e. The summed E-state index contributed by atoms with van der Waals surface area (Å²) in [7, 11) is -1.18. The number of sulfonamides is 1. The van der Waals surface area contributed by atoms with Crippen molar-refractivity contribution in [3.8, 4) is 5.75 Å². The third kappa shape index (κ3) is 6.35. The van der Waals surface area contributed by atoms with E-state index < -0.39 is 28.5 Å². The van der Waals surface area contributed by atoms with Crippen molar-refractivity contribution in [2.45, 2.75) is 24.4 Å². The minimum absolute atomic E-state index is 0.0290. The van der Waals surface area contributed by atoms with E-state index in [2.05, 4.69) is 5.32 Å². The summed E-state index contributed by atoms with van der Waals surface area (Å²) >= 11 is 6.12. The predicted molar refractivity (Wildman–Crippen MR) is 139 cm³/mol. The molecule has 0 saturated heterocycles. The molecular weight excluding hydrogens is 502 g/mol. The predicted octanol–water partition coefficient (Wildman–Crippen LogP) is 3.71. The Balaban J connectivity index is 2.04. The summed E-state index contributed by atoms with van der Waals surface area (Å²) in [5.41, 5.74) is 0.951. The van der Waals surface area contributed by atoms with Crippen LogP contribution in [0, 0.1) is 0 Å². The van der Waals surface area contributed by atoms with Crippen LogP contribution in [0.5, 0.6) is 5.75 Å². The zero-order valence-electron chi connectivity index (χ0n) is 20.2. The van der Waals surface area contributed by atoms with E-state index in [4.69, 9.17) is 16.3 Å². The number of carbonyl (C=O) groups is 2. The number of rotatable bonds is 10. The van der Waals surface area contributed by atoms with Crippen LogP contribution < -0.4 is 14.4 Å². The van der Waals surface area contributed by atoms with Gasteiger partial charge in [0.1, 0.15) is 18.3 Å². The van der Waals surface area contributed by atoms with Crippen molar-refractivity contribution in [3.05, 3.63) is 89.4 Å². The average molecular weight is 530 g/mol. The lowest BCUT2D eigenvalue weighted by atomic mass is 10.1. The Kier molecular flexibility index (Phi) is 8.95. The molecule has 0 unspecified atom stereocenters. The fourth-order valence-corrected chi connectivity index (χ4v) is 5.28. The molecule has 0 bridgehead atoms. The highest BCUT2D eigenvalue weighted by Crippen LogP contribution is 2.27. The summed E-state index contributed by atoms with van der Waals surface area (Å²) in [4.78, 5) is 27.5. The Morgan fingerprint density at radius 2 is 1.69 bits per heavy atom. The first-order valence-corrected chi connectivity index (χ1v) is 13.0. The molecule has 3 aromatic rings. The maximum absolute atomic E-state index is 13.7. The van der Waals surface area contributed by atoms with Crippen LogP contribution in [0.4, 0.5) is 5.69 Å². The molecule has 0 aliphatic heterocycles. The molecule has 190 valence electrons. The molecule has 0 spiro atoms. The van der Waals surface area contributed by atoms with E-state index in [0.717, 1.165) is 4.31 Å². The van der Waals surface area contributed by atoms with Gasteiger partial charge in [-0.1, -0.05) is 48.0 Å². The van der Waals surface area contributed by atoms with Gasteiger partial charge in [0.25, 0.3) is 10.0 Å². The lowest BCUT2D eigenvalue weighted by molar-refractivity contribution is -0.139. The van der Waals surface area contributed by atoms with Crippen LogP contribution in [0.15, 0.2) is 83.8 Å². The molecule has 1 N–H and O–H groups in total. The van der Waals surface area contributed by atoms with E-state index in [1.54, 1.807) is 67.6 Å². The summed E-state index contributed by atoms with van der Waals surface area (Å²) in [5, 5.41) is 3.03. The van der Waals surface area contributed by atoms with Gasteiger partial charge in [-0.3, -0.25) is 13.9 Å². The molecule has 0 aliphatic rings. The van der Waals surface area contributed by atoms with Gasteiger partial charge < -0.3 is 15.0 Å². The minimum Gasteiger partial charge on any atom is -0.497 e. The highest BCUT2D eigenvalue weighted by Gasteiger charge is 2.32. The molecule has 8 nitrogen and oxygen atoms in total. The number of anilines is 1. The molecule has 1 atom stereocenters. The van der Waals surface area contributed by atoms with E-state index in [1.807, 2.05) is 0 Å².